The van der Waals surface area contributed by atoms with Gasteiger partial charge in [-0.3, -0.25) is 4.79 Å². The van der Waals surface area contributed by atoms with E-state index < -0.39 is 11.6 Å². The predicted octanol–water partition coefficient (Wildman–Crippen LogP) is 3.82. The molecule has 24 heavy (non-hydrogen) atoms. The molecule has 1 amide bonds. The van der Waals surface area contributed by atoms with Crippen LogP contribution in [0.1, 0.15) is 35.1 Å². The van der Waals surface area contributed by atoms with E-state index in [0.29, 0.717) is 12.4 Å². The van der Waals surface area contributed by atoms with E-state index in [4.69, 9.17) is 0 Å². The van der Waals surface area contributed by atoms with Crippen LogP contribution < -0.4 is 0 Å². The Morgan fingerprint density at radius 3 is 2.67 bits per heavy atom. The number of aromatic nitrogens is 2. The molecule has 1 N–H and O–H groups in total. The number of aromatic amines is 1. The Balaban J connectivity index is 1.68. The smallest absolute Gasteiger partial charge is 0.254 e. The van der Waals surface area contributed by atoms with Crippen LogP contribution in [0.25, 0.3) is 11.0 Å². The quantitative estimate of drug-likeness (QED) is 0.778. The number of para-hydroxylation sites is 2. The number of nitrogens with one attached hydrogen (secondary N) is 1. The lowest BCUT2D eigenvalue weighted by molar-refractivity contribution is 0.0729. The van der Waals surface area contributed by atoms with Crippen molar-refractivity contribution in [3.63, 3.8) is 0 Å². The van der Waals surface area contributed by atoms with Gasteiger partial charge in [-0.25, -0.2) is 13.8 Å². The van der Waals surface area contributed by atoms with E-state index in [1.807, 2.05) is 24.3 Å². The summed E-state index contributed by atoms with van der Waals surface area (Å²) in [6.45, 7) is 0.540. The molecule has 1 atom stereocenters. The molecular formula is C18H15F2N3O. The first-order chi connectivity index (χ1) is 11.6. The molecule has 1 aromatic heterocycles. The third kappa shape index (κ3) is 2.54. The molecule has 1 fully saturated rings. The zero-order chi connectivity index (χ0) is 16.7. The van der Waals surface area contributed by atoms with Crippen molar-refractivity contribution in [3.05, 3.63) is 65.5 Å². The predicted molar refractivity (Wildman–Crippen MR) is 85.5 cm³/mol. The van der Waals surface area contributed by atoms with Crippen LogP contribution in [0.15, 0.2) is 42.5 Å². The van der Waals surface area contributed by atoms with Gasteiger partial charge in [-0.1, -0.05) is 12.1 Å². The first-order valence-electron chi connectivity index (χ1n) is 7.83. The number of carbonyl (C=O) groups is 1. The fourth-order valence-corrected chi connectivity index (χ4v) is 3.27. The SMILES string of the molecule is O=C(c1cc(F)cc(F)c1)N1CCC[C@@H]1c1nc2ccccc2[nH]1. The summed E-state index contributed by atoms with van der Waals surface area (Å²) in [6, 6.07) is 10.3. The normalized spacial score (nSPS) is 17.6. The van der Waals surface area contributed by atoms with Crippen molar-refractivity contribution in [2.75, 3.05) is 6.54 Å². The number of carbonyl (C=O) groups excluding carboxylic acids is 1. The van der Waals surface area contributed by atoms with Gasteiger partial charge in [-0.15, -0.1) is 0 Å². The maximum Gasteiger partial charge on any atom is 0.254 e. The number of likely N-dealkylation sites (tertiary alicyclic amines) is 1. The summed E-state index contributed by atoms with van der Waals surface area (Å²) in [5.74, 6) is -1.18. The number of benzene rings is 2. The molecule has 0 saturated carbocycles. The summed E-state index contributed by atoms with van der Waals surface area (Å²) in [5, 5.41) is 0. The third-order valence-electron chi connectivity index (χ3n) is 4.35. The Hall–Kier alpha value is -2.76. The number of halogens is 2. The van der Waals surface area contributed by atoms with Crippen LogP contribution in [-0.4, -0.2) is 27.3 Å². The fraction of sp³-hybridized carbons (Fsp3) is 0.222. The van der Waals surface area contributed by atoms with Crippen molar-refractivity contribution in [2.45, 2.75) is 18.9 Å². The zero-order valence-electron chi connectivity index (χ0n) is 12.8. The summed E-state index contributed by atoms with van der Waals surface area (Å²) in [6.07, 6.45) is 1.59. The third-order valence-corrected chi connectivity index (χ3v) is 4.35. The molecule has 0 aliphatic carbocycles. The lowest BCUT2D eigenvalue weighted by atomic mass is 10.1. The number of fused-ring (bicyclic) bond motifs is 1. The van der Waals surface area contributed by atoms with Crippen LogP contribution in [-0.2, 0) is 0 Å². The first-order valence-corrected chi connectivity index (χ1v) is 7.83. The number of nitrogens with zero attached hydrogens (tertiary/aromatic N) is 2. The standard InChI is InChI=1S/C18H15F2N3O/c19-12-8-11(9-13(20)10-12)18(24)23-7-3-6-16(23)17-21-14-4-1-2-5-15(14)22-17/h1-2,4-5,8-10,16H,3,6-7H2,(H,21,22)/t16-/m1/s1. The van der Waals surface area contributed by atoms with Crippen LogP contribution in [0.4, 0.5) is 8.78 Å². The van der Waals surface area contributed by atoms with Gasteiger partial charge in [0.15, 0.2) is 0 Å². The van der Waals surface area contributed by atoms with Crippen molar-refractivity contribution in [3.8, 4) is 0 Å². The Labute approximate surface area is 137 Å². The minimum absolute atomic E-state index is 0.0236. The summed E-state index contributed by atoms with van der Waals surface area (Å²) in [7, 11) is 0. The largest absolute Gasteiger partial charge is 0.340 e. The van der Waals surface area contributed by atoms with E-state index in [0.717, 1.165) is 42.1 Å². The van der Waals surface area contributed by atoms with E-state index >= 15 is 0 Å². The zero-order valence-corrected chi connectivity index (χ0v) is 12.8. The van der Waals surface area contributed by atoms with E-state index in [1.54, 1.807) is 4.90 Å². The average Bonchev–Trinajstić information content (AvgIpc) is 3.19. The maximum absolute atomic E-state index is 13.4. The van der Waals surface area contributed by atoms with Gasteiger partial charge in [-0.2, -0.15) is 0 Å². The van der Waals surface area contributed by atoms with Crippen LogP contribution in [0.2, 0.25) is 0 Å². The van der Waals surface area contributed by atoms with Crippen molar-refractivity contribution in [2.24, 2.45) is 0 Å². The summed E-state index contributed by atoms with van der Waals surface area (Å²) < 4.78 is 26.8. The fourth-order valence-electron chi connectivity index (χ4n) is 3.27. The first kappa shape index (κ1) is 14.8. The summed E-state index contributed by atoms with van der Waals surface area (Å²) in [4.78, 5) is 22.1. The van der Waals surface area contributed by atoms with Gasteiger partial charge in [0, 0.05) is 18.2 Å². The molecule has 4 rings (SSSR count). The van der Waals surface area contributed by atoms with Gasteiger partial charge in [-0.05, 0) is 37.1 Å². The highest BCUT2D eigenvalue weighted by Crippen LogP contribution is 2.32. The van der Waals surface area contributed by atoms with Gasteiger partial charge < -0.3 is 9.88 Å². The minimum atomic E-state index is -0.752. The maximum atomic E-state index is 13.4. The Kier molecular flexibility index (Phi) is 3.52. The Morgan fingerprint density at radius 2 is 1.92 bits per heavy atom. The number of hydrogen-bond donors (Lipinski definition) is 1. The molecule has 0 spiro atoms. The van der Waals surface area contributed by atoms with Crippen molar-refractivity contribution in [1.82, 2.24) is 14.9 Å². The van der Waals surface area contributed by atoms with Crippen LogP contribution in [0, 0.1) is 11.6 Å². The highest BCUT2D eigenvalue weighted by atomic mass is 19.1. The highest BCUT2D eigenvalue weighted by Gasteiger charge is 2.33. The monoisotopic (exact) mass is 327 g/mol. The molecule has 4 nitrogen and oxygen atoms in total. The molecular weight excluding hydrogens is 312 g/mol. The van der Waals surface area contributed by atoms with Crippen molar-refractivity contribution < 1.29 is 13.6 Å². The second-order valence-corrected chi connectivity index (χ2v) is 5.95. The molecule has 1 aliphatic heterocycles. The number of imidazole rings is 1. The van der Waals surface area contributed by atoms with Crippen LogP contribution in [0.5, 0.6) is 0 Å². The molecule has 3 aromatic rings. The molecule has 0 bridgehead atoms. The lowest BCUT2D eigenvalue weighted by Gasteiger charge is -2.23. The van der Waals surface area contributed by atoms with E-state index in [-0.39, 0.29) is 17.5 Å². The molecule has 1 saturated heterocycles. The topological polar surface area (TPSA) is 49.0 Å². The van der Waals surface area contributed by atoms with Gasteiger partial charge in [0.05, 0.1) is 17.1 Å². The molecule has 2 aromatic carbocycles. The lowest BCUT2D eigenvalue weighted by Crippen LogP contribution is -2.31. The van der Waals surface area contributed by atoms with E-state index in [1.165, 1.54) is 0 Å². The van der Waals surface area contributed by atoms with Crippen LogP contribution >= 0.6 is 0 Å². The van der Waals surface area contributed by atoms with E-state index in [2.05, 4.69) is 9.97 Å². The van der Waals surface area contributed by atoms with Gasteiger partial charge >= 0.3 is 0 Å². The van der Waals surface area contributed by atoms with Gasteiger partial charge in [0.25, 0.3) is 5.91 Å². The molecule has 0 unspecified atom stereocenters. The van der Waals surface area contributed by atoms with Crippen LogP contribution in [0.3, 0.4) is 0 Å². The van der Waals surface area contributed by atoms with Gasteiger partial charge in [0.1, 0.15) is 17.5 Å². The number of H-pyrrole nitrogens is 1. The Bertz CT molecular complexity index is 868. The van der Waals surface area contributed by atoms with Crippen molar-refractivity contribution in [1.29, 1.82) is 0 Å². The number of amides is 1. The van der Waals surface area contributed by atoms with Crippen molar-refractivity contribution >= 4 is 16.9 Å². The molecule has 0 radical (unpaired) electrons. The molecule has 2 heterocycles. The molecule has 6 heteroatoms. The number of hydrogen-bond acceptors (Lipinski definition) is 2. The molecule has 1 aliphatic rings. The minimum Gasteiger partial charge on any atom is -0.340 e. The number of rotatable bonds is 2. The second kappa shape index (κ2) is 5.70. The molecule has 122 valence electrons. The Morgan fingerprint density at radius 1 is 1.17 bits per heavy atom. The average molecular weight is 327 g/mol. The highest BCUT2D eigenvalue weighted by molar-refractivity contribution is 5.94. The second-order valence-electron chi connectivity index (χ2n) is 5.95. The van der Waals surface area contributed by atoms with Gasteiger partial charge in [0.2, 0.25) is 0 Å². The summed E-state index contributed by atoms with van der Waals surface area (Å²) >= 11 is 0. The summed E-state index contributed by atoms with van der Waals surface area (Å²) in [5.41, 5.74) is 1.77. The van der Waals surface area contributed by atoms with E-state index in [9.17, 15) is 13.6 Å².